The van der Waals surface area contributed by atoms with Crippen LogP contribution in [0.1, 0.15) is 16.8 Å². The Balaban J connectivity index is 2.36. The molecule has 0 spiro atoms. The quantitative estimate of drug-likeness (QED) is 0.875. The van der Waals surface area contributed by atoms with Crippen molar-refractivity contribution >= 4 is 17.2 Å². The highest BCUT2D eigenvalue weighted by Crippen LogP contribution is 2.34. The van der Waals surface area contributed by atoms with Crippen LogP contribution in [0.25, 0.3) is 0 Å². The molecule has 2 N–H and O–H groups in total. The SMILES string of the molecule is Cc1ccc(Oc2ccc(C(F)(F)F)c(C(N)=S)c2)cn1. The monoisotopic (exact) mass is 312 g/mol. The molecule has 0 atom stereocenters. The Morgan fingerprint density at radius 3 is 2.38 bits per heavy atom. The molecule has 7 heteroatoms. The lowest BCUT2D eigenvalue weighted by molar-refractivity contribution is -0.137. The van der Waals surface area contributed by atoms with Crippen LogP contribution in [0, 0.1) is 6.92 Å². The summed E-state index contributed by atoms with van der Waals surface area (Å²) in [5.74, 6) is 0.616. The highest BCUT2D eigenvalue weighted by molar-refractivity contribution is 7.80. The summed E-state index contributed by atoms with van der Waals surface area (Å²) in [6, 6.07) is 6.68. The minimum Gasteiger partial charge on any atom is -0.456 e. The van der Waals surface area contributed by atoms with Gasteiger partial charge in [0.25, 0.3) is 0 Å². The second-order valence-corrected chi connectivity index (χ2v) is 4.75. The largest absolute Gasteiger partial charge is 0.456 e. The highest BCUT2D eigenvalue weighted by Gasteiger charge is 2.34. The molecule has 0 radical (unpaired) electrons. The van der Waals surface area contributed by atoms with Crippen molar-refractivity contribution in [3.63, 3.8) is 0 Å². The van der Waals surface area contributed by atoms with Gasteiger partial charge in [0.05, 0.1) is 11.8 Å². The number of hydrogen-bond donors (Lipinski definition) is 1. The van der Waals surface area contributed by atoms with Crippen LogP contribution in [-0.4, -0.2) is 9.97 Å². The van der Waals surface area contributed by atoms with Gasteiger partial charge in [-0.05, 0) is 37.3 Å². The number of nitrogens with two attached hydrogens (primary N) is 1. The number of hydrogen-bond acceptors (Lipinski definition) is 3. The number of aromatic nitrogens is 1. The molecule has 0 aliphatic rings. The summed E-state index contributed by atoms with van der Waals surface area (Å²) in [6.07, 6.45) is -3.05. The van der Waals surface area contributed by atoms with Gasteiger partial charge in [-0.1, -0.05) is 12.2 Å². The topological polar surface area (TPSA) is 48.1 Å². The maximum absolute atomic E-state index is 12.8. The van der Waals surface area contributed by atoms with E-state index in [-0.39, 0.29) is 16.3 Å². The zero-order chi connectivity index (χ0) is 15.6. The Morgan fingerprint density at radius 2 is 1.86 bits per heavy atom. The molecule has 0 fully saturated rings. The van der Waals surface area contributed by atoms with Crippen LogP contribution in [0.5, 0.6) is 11.5 Å². The molecule has 0 aliphatic carbocycles. The number of alkyl halides is 3. The lowest BCUT2D eigenvalue weighted by Gasteiger charge is -2.14. The van der Waals surface area contributed by atoms with Crippen molar-refractivity contribution in [2.45, 2.75) is 13.1 Å². The average Bonchev–Trinajstić information content (AvgIpc) is 2.40. The fraction of sp³-hybridized carbons (Fsp3) is 0.143. The van der Waals surface area contributed by atoms with Gasteiger partial charge in [-0.3, -0.25) is 4.98 Å². The first-order valence-corrected chi connectivity index (χ1v) is 6.30. The predicted molar refractivity (Wildman–Crippen MR) is 76.4 cm³/mol. The summed E-state index contributed by atoms with van der Waals surface area (Å²) in [7, 11) is 0. The molecule has 0 bridgehead atoms. The van der Waals surface area contributed by atoms with E-state index in [1.165, 1.54) is 18.3 Å². The highest BCUT2D eigenvalue weighted by atomic mass is 32.1. The molecule has 1 heterocycles. The maximum Gasteiger partial charge on any atom is 0.417 e. The van der Waals surface area contributed by atoms with Crippen molar-refractivity contribution in [3.8, 4) is 11.5 Å². The van der Waals surface area contributed by atoms with Crippen molar-refractivity contribution in [1.82, 2.24) is 4.98 Å². The predicted octanol–water partition coefficient (Wildman–Crippen LogP) is 3.84. The molecule has 21 heavy (non-hydrogen) atoms. The second-order valence-electron chi connectivity index (χ2n) is 4.31. The Labute approximate surface area is 124 Å². The van der Waals surface area contributed by atoms with Gasteiger partial charge in [0.1, 0.15) is 16.5 Å². The van der Waals surface area contributed by atoms with E-state index < -0.39 is 11.7 Å². The van der Waals surface area contributed by atoms with Crippen LogP contribution in [0.3, 0.4) is 0 Å². The normalized spacial score (nSPS) is 11.2. The van der Waals surface area contributed by atoms with E-state index in [1.807, 2.05) is 6.92 Å². The first kappa shape index (κ1) is 15.2. The molecule has 0 aliphatic heterocycles. The Hall–Kier alpha value is -2.15. The maximum atomic E-state index is 12.8. The number of benzene rings is 1. The molecular weight excluding hydrogens is 301 g/mol. The van der Waals surface area contributed by atoms with Crippen LogP contribution in [0.2, 0.25) is 0 Å². The third kappa shape index (κ3) is 3.69. The molecule has 0 unspecified atom stereocenters. The van der Waals surface area contributed by atoms with Crippen LogP contribution >= 0.6 is 12.2 Å². The van der Waals surface area contributed by atoms with Gasteiger partial charge in [-0.2, -0.15) is 13.2 Å². The number of halogens is 3. The Morgan fingerprint density at radius 1 is 1.19 bits per heavy atom. The lowest BCUT2D eigenvalue weighted by atomic mass is 10.1. The standard InChI is InChI=1S/C14H11F3N2OS/c1-8-2-3-10(7-19-8)20-9-4-5-12(14(15,16)17)11(6-9)13(18)21/h2-7H,1H3,(H2,18,21). The van der Waals surface area contributed by atoms with Gasteiger partial charge in [-0.15, -0.1) is 0 Å². The van der Waals surface area contributed by atoms with Gasteiger partial charge in [0, 0.05) is 11.3 Å². The van der Waals surface area contributed by atoms with Gasteiger partial charge >= 0.3 is 6.18 Å². The number of thiocarbonyl (C=S) groups is 1. The molecule has 2 aromatic rings. The number of pyridine rings is 1. The van der Waals surface area contributed by atoms with Crippen molar-refractivity contribution in [3.05, 3.63) is 53.3 Å². The van der Waals surface area contributed by atoms with E-state index in [9.17, 15) is 13.2 Å². The summed E-state index contributed by atoms with van der Waals surface area (Å²) in [6.45, 7) is 1.81. The van der Waals surface area contributed by atoms with Gasteiger partial charge in [0.15, 0.2) is 0 Å². The zero-order valence-corrected chi connectivity index (χ0v) is 11.8. The summed E-state index contributed by atoms with van der Waals surface area (Å²) in [5.41, 5.74) is 5.01. The zero-order valence-electron chi connectivity index (χ0n) is 10.9. The minimum atomic E-state index is -4.53. The molecule has 0 saturated heterocycles. The number of ether oxygens (including phenoxy) is 1. The van der Waals surface area contributed by atoms with Crippen molar-refractivity contribution in [1.29, 1.82) is 0 Å². The summed E-state index contributed by atoms with van der Waals surface area (Å²) in [4.78, 5) is 3.70. The fourth-order valence-corrected chi connectivity index (χ4v) is 1.86. The molecular formula is C14H11F3N2OS. The van der Waals surface area contributed by atoms with Crippen LogP contribution in [0.4, 0.5) is 13.2 Å². The molecule has 110 valence electrons. The number of rotatable bonds is 3. The Kier molecular flexibility index (Phi) is 4.13. The molecule has 3 nitrogen and oxygen atoms in total. The van der Waals surface area contributed by atoms with Gasteiger partial charge < -0.3 is 10.5 Å². The summed E-state index contributed by atoms with van der Waals surface area (Å²) >= 11 is 4.67. The fourth-order valence-electron chi connectivity index (χ4n) is 1.69. The first-order chi connectivity index (χ1) is 9.77. The molecule has 2 rings (SSSR count). The van der Waals surface area contributed by atoms with Crippen molar-refractivity contribution < 1.29 is 17.9 Å². The smallest absolute Gasteiger partial charge is 0.417 e. The molecule has 1 aromatic carbocycles. The van der Waals surface area contributed by atoms with Crippen LogP contribution < -0.4 is 10.5 Å². The van der Waals surface area contributed by atoms with E-state index in [4.69, 9.17) is 10.5 Å². The third-order valence-corrected chi connectivity index (χ3v) is 2.90. The Bertz CT molecular complexity index is 669. The van der Waals surface area contributed by atoms with Gasteiger partial charge in [-0.25, -0.2) is 0 Å². The van der Waals surface area contributed by atoms with Crippen molar-refractivity contribution in [2.24, 2.45) is 5.73 Å². The summed E-state index contributed by atoms with van der Waals surface area (Å²) in [5, 5.41) is 0. The third-order valence-electron chi connectivity index (χ3n) is 2.68. The van der Waals surface area contributed by atoms with E-state index in [0.717, 1.165) is 11.8 Å². The van der Waals surface area contributed by atoms with E-state index in [1.54, 1.807) is 12.1 Å². The van der Waals surface area contributed by atoms with Crippen molar-refractivity contribution in [2.75, 3.05) is 0 Å². The van der Waals surface area contributed by atoms with Crippen LogP contribution in [0.15, 0.2) is 36.5 Å². The van der Waals surface area contributed by atoms with Crippen LogP contribution in [-0.2, 0) is 6.18 Å². The lowest BCUT2D eigenvalue weighted by Crippen LogP contribution is -2.17. The number of aryl methyl sites for hydroxylation is 1. The van der Waals surface area contributed by atoms with Gasteiger partial charge in [0.2, 0.25) is 0 Å². The summed E-state index contributed by atoms with van der Waals surface area (Å²) < 4.78 is 44.0. The molecule has 0 amide bonds. The van der Waals surface area contributed by atoms with E-state index >= 15 is 0 Å². The number of nitrogens with zero attached hydrogens (tertiary/aromatic N) is 1. The van der Waals surface area contributed by atoms with E-state index in [2.05, 4.69) is 17.2 Å². The second kappa shape index (κ2) is 5.69. The minimum absolute atomic E-state index is 0.205. The first-order valence-electron chi connectivity index (χ1n) is 5.89. The average molecular weight is 312 g/mol. The van der Waals surface area contributed by atoms with E-state index in [0.29, 0.717) is 5.75 Å². The molecule has 1 aromatic heterocycles. The molecule has 0 saturated carbocycles.